The van der Waals surface area contributed by atoms with E-state index in [4.69, 9.17) is 15.5 Å². The quantitative estimate of drug-likeness (QED) is 0.898. The molecule has 0 spiro atoms. The summed E-state index contributed by atoms with van der Waals surface area (Å²) in [6.45, 7) is 5.96. The molecule has 0 saturated carbocycles. The third-order valence-corrected chi connectivity index (χ3v) is 4.69. The first kappa shape index (κ1) is 13.0. The Labute approximate surface area is 107 Å². The fraction of sp³-hybridized carbons (Fsp3) is 0.769. The standard InChI is InChI=1S/C13H22N2OS/c1-9(14)3-4-12-10(2)15-13(17-12)11-5-7-16-8-6-11/h9,11H,3-8,14H2,1-2H3. The van der Waals surface area contributed by atoms with E-state index in [9.17, 15) is 0 Å². The minimum atomic E-state index is 0.281. The summed E-state index contributed by atoms with van der Waals surface area (Å²) in [4.78, 5) is 6.15. The smallest absolute Gasteiger partial charge is 0.0963 e. The molecule has 0 radical (unpaired) electrons. The third-order valence-electron chi connectivity index (χ3n) is 3.31. The van der Waals surface area contributed by atoms with Crippen LogP contribution in [0.2, 0.25) is 0 Å². The first-order valence-corrected chi connectivity index (χ1v) is 7.28. The van der Waals surface area contributed by atoms with Gasteiger partial charge < -0.3 is 10.5 Å². The summed E-state index contributed by atoms with van der Waals surface area (Å²) < 4.78 is 5.40. The van der Waals surface area contributed by atoms with E-state index in [1.54, 1.807) is 0 Å². The fourth-order valence-corrected chi connectivity index (χ4v) is 3.41. The van der Waals surface area contributed by atoms with Crippen LogP contribution in [0.15, 0.2) is 0 Å². The molecule has 96 valence electrons. The van der Waals surface area contributed by atoms with Crippen molar-refractivity contribution < 1.29 is 4.74 Å². The highest BCUT2D eigenvalue weighted by atomic mass is 32.1. The van der Waals surface area contributed by atoms with Crippen molar-refractivity contribution in [3.8, 4) is 0 Å². The zero-order valence-corrected chi connectivity index (χ0v) is 11.6. The number of rotatable bonds is 4. The summed E-state index contributed by atoms with van der Waals surface area (Å²) in [7, 11) is 0. The van der Waals surface area contributed by atoms with E-state index >= 15 is 0 Å². The van der Waals surface area contributed by atoms with E-state index < -0.39 is 0 Å². The average Bonchev–Trinajstić information content (AvgIpc) is 2.69. The fourth-order valence-electron chi connectivity index (χ4n) is 2.16. The molecule has 1 atom stereocenters. The van der Waals surface area contributed by atoms with Crippen LogP contribution in [0, 0.1) is 6.92 Å². The van der Waals surface area contributed by atoms with Crippen molar-refractivity contribution in [2.24, 2.45) is 5.73 Å². The number of nitrogens with two attached hydrogens (primary N) is 1. The highest BCUT2D eigenvalue weighted by Crippen LogP contribution is 2.32. The van der Waals surface area contributed by atoms with Gasteiger partial charge in [0.15, 0.2) is 0 Å². The largest absolute Gasteiger partial charge is 0.381 e. The van der Waals surface area contributed by atoms with E-state index in [1.807, 2.05) is 11.3 Å². The molecule has 1 aromatic heterocycles. The molecule has 1 saturated heterocycles. The normalized spacial score (nSPS) is 19.5. The lowest BCUT2D eigenvalue weighted by molar-refractivity contribution is 0.0852. The van der Waals surface area contributed by atoms with Crippen LogP contribution >= 0.6 is 11.3 Å². The summed E-state index contributed by atoms with van der Waals surface area (Å²) in [5, 5.41) is 1.31. The van der Waals surface area contributed by atoms with Crippen LogP contribution in [0.1, 0.15) is 47.7 Å². The zero-order chi connectivity index (χ0) is 12.3. The number of aromatic nitrogens is 1. The predicted molar refractivity (Wildman–Crippen MR) is 71.6 cm³/mol. The van der Waals surface area contributed by atoms with Gasteiger partial charge in [-0.05, 0) is 39.5 Å². The maximum Gasteiger partial charge on any atom is 0.0963 e. The van der Waals surface area contributed by atoms with E-state index in [-0.39, 0.29) is 6.04 Å². The van der Waals surface area contributed by atoms with Gasteiger partial charge >= 0.3 is 0 Å². The Balaban J connectivity index is 2.01. The van der Waals surface area contributed by atoms with Gasteiger partial charge in [0.2, 0.25) is 0 Å². The zero-order valence-electron chi connectivity index (χ0n) is 10.7. The topological polar surface area (TPSA) is 48.1 Å². The second kappa shape index (κ2) is 5.94. The van der Waals surface area contributed by atoms with E-state index in [0.717, 1.165) is 38.9 Å². The molecule has 1 aromatic rings. The SMILES string of the molecule is Cc1nc(C2CCOCC2)sc1CCC(C)N. The summed E-state index contributed by atoms with van der Waals surface area (Å²) in [6, 6.07) is 0.281. The maximum absolute atomic E-state index is 5.81. The lowest BCUT2D eigenvalue weighted by Gasteiger charge is -2.19. The van der Waals surface area contributed by atoms with Crippen LogP contribution in [0.5, 0.6) is 0 Å². The Morgan fingerprint density at radius 1 is 1.47 bits per heavy atom. The van der Waals surface area contributed by atoms with Gasteiger partial charge in [-0.25, -0.2) is 4.98 Å². The molecule has 0 amide bonds. The second-order valence-corrected chi connectivity index (χ2v) is 6.08. The van der Waals surface area contributed by atoms with Crippen LogP contribution in [-0.2, 0) is 11.2 Å². The molecule has 0 aliphatic carbocycles. The maximum atomic E-state index is 5.81. The summed E-state index contributed by atoms with van der Waals surface area (Å²) in [6.07, 6.45) is 4.38. The summed E-state index contributed by atoms with van der Waals surface area (Å²) in [5.74, 6) is 0.622. The van der Waals surface area contributed by atoms with Crippen LogP contribution in [0.3, 0.4) is 0 Å². The van der Waals surface area contributed by atoms with Gasteiger partial charge in [-0.15, -0.1) is 11.3 Å². The van der Waals surface area contributed by atoms with Crippen molar-refractivity contribution in [3.05, 3.63) is 15.6 Å². The highest BCUT2D eigenvalue weighted by molar-refractivity contribution is 7.11. The van der Waals surface area contributed by atoms with Crippen molar-refractivity contribution in [1.29, 1.82) is 0 Å². The molecular weight excluding hydrogens is 232 g/mol. The molecule has 1 fully saturated rings. The summed E-state index contributed by atoms with van der Waals surface area (Å²) in [5.41, 5.74) is 7.01. The minimum absolute atomic E-state index is 0.281. The van der Waals surface area contributed by atoms with Gasteiger partial charge in [0.1, 0.15) is 0 Å². The molecule has 1 aliphatic heterocycles. The lowest BCUT2D eigenvalue weighted by Crippen LogP contribution is -2.15. The number of thiazole rings is 1. The number of hydrogen-bond donors (Lipinski definition) is 1. The predicted octanol–water partition coefficient (Wildman–Crippen LogP) is 2.63. The van der Waals surface area contributed by atoms with Crippen LogP contribution in [0.25, 0.3) is 0 Å². The Morgan fingerprint density at radius 2 is 2.18 bits per heavy atom. The van der Waals surface area contributed by atoms with Crippen molar-refractivity contribution in [1.82, 2.24) is 4.98 Å². The van der Waals surface area contributed by atoms with Gasteiger partial charge in [0.05, 0.1) is 10.7 Å². The van der Waals surface area contributed by atoms with Crippen molar-refractivity contribution >= 4 is 11.3 Å². The number of ether oxygens (including phenoxy) is 1. The molecule has 0 bridgehead atoms. The molecule has 0 aromatic carbocycles. The average molecular weight is 254 g/mol. The Morgan fingerprint density at radius 3 is 2.82 bits per heavy atom. The number of nitrogens with zero attached hydrogens (tertiary/aromatic N) is 1. The van der Waals surface area contributed by atoms with Gasteiger partial charge in [-0.2, -0.15) is 0 Å². The molecule has 4 heteroatoms. The van der Waals surface area contributed by atoms with E-state index in [0.29, 0.717) is 5.92 Å². The molecule has 2 heterocycles. The monoisotopic (exact) mass is 254 g/mol. The highest BCUT2D eigenvalue weighted by Gasteiger charge is 2.20. The van der Waals surface area contributed by atoms with Crippen molar-refractivity contribution in [2.75, 3.05) is 13.2 Å². The second-order valence-electron chi connectivity index (χ2n) is 4.96. The Hall–Kier alpha value is -0.450. The lowest BCUT2D eigenvalue weighted by atomic mass is 10.0. The van der Waals surface area contributed by atoms with E-state index in [2.05, 4.69) is 13.8 Å². The van der Waals surface area contributed by atoms with Gasteiger partial charge in [-0.1, -0.05) is 0 Å². The van der Waals surface area contributed by atoms with Gasteiger partial charge in [0.25, 0.3) is 0 Å². The van der Waals surface area contributed by atoms with Gasteiger partial charge in [-0.3, -0.25) is 0 Å². The van der Waals surface area contributed by atoms with Crippen LogP contribution in [-0.4, -0.2) is 24.2 Å². The molecule has 3 nitrogen and oxygen atoms in total. The minimum Gasteiger partial charge on any atom is -0.381 e. The number of hydrogen-bond acceptors (Lipinski definition) is 4. The number of aryl methyl sites for hydroxylation is 2. The Kier molecular flexibility index (Phi) is 4.54. The summed E-state index contributed by atoms with van der Waals surface area (Å²) >= 11 is 1.89. The molecule has 17 heavy (non-hydrogen) atoms. The first-order valence-electron chi connectivity index (χ1n) is 6.46. The molecule has 1 aliphatic rings. The molecule has 2 rings (SSSR count). The molecule has 2 N–H and O–H groups in total. The molecular formula is C13H22N2OS. The first-order chi connectivity index (χ1) is 8.16. The van der Waals surface area contributed by atoms with Gasteiger partial charge in [0, 0.05) is 30.1 Å². The van der Waals surface area contributed by atoms with Crippen molar-refractivity contribution in [3.63, 3.8) is 0 Å². The molecule has 1 unspecified atom stereocenters. The van der Waals surface area contributed by atoms with Crippen LogP contribution in [0.4, 0.5) is 0 Å². The van der Waals surface area contributed by atoms with E-state index in [1.165, 1.54) is 15.6 Å². The third kappa shape index (κ3) is 3.50. The van der Waals surface area contributed by atoms with Crippen molar-refractivity contribution in [2.45, 2.75) is 51.5 Å². The van der Waals surface area contributed by atoms with Crippen LogP contribution < -0.4 is 5.73 Å². The Bertz CT molecular complexity index is 356.